The highest BCUT2D eigenvalue weighted by molar-refractivity contribution is 7.91. The summed E-state index contributed by atoms with van der Waals surface area (Å²) >= 11 is 7.02. The van der Waals surface area contributed by atoms with Gasteiger partial charge in [0.25, 0.3) is 10.0 Å². The highest BCUT2D eigenvalue weighted by atomic mass is 35.5. The third kappa shape index (κ3) is 5.01. The fourth-order valence-electron chi connectivity index (χ4n) is 4.15. The first-order valence-corrected chi connectivity index (χ1v) is 13.8. The molecule has 2 aromatic heterocycles. The van der Waals surface area contributed by atoms with Crippen LogP contribution in [0.4, 0.5) is 5.69 Å². The Labute approximate surface area is 217 Å². The molecule has 0 aliphatic heterocycles. The molecule has 2 unspecified atom stereocenters. The molecular weight excluding hydrogens is 518 g/mol. The van der Waals surface area contributed by atoms with Gasteiger partial charge < -0.3 is 10.4 Å². The van der Waals surface area contributed by atoms with Crippen molar-refractivity contribution in [2.24, 2.45) is 0 Å². The molecule has 2 aromatic carbocycles. The van der Waals surface area contributed by atoms with E-state index in [9.17, 15) is 18.3 Å². The molecule has 0 radical (unpaired) electrons. The van der Waals surface area contributed by atoms with Crippen LogP contribution in [0, 0.1) is 0 Å². The second kappa shape index (κ2) is 9.67. The van der Waals surface area contributed by atoms with Crippen molar-refractivity contribution < 1.29 is 18.3 Å². The lowest BCUT2D eigenvalue weighted by atomic mass is 10.1. The lowest BCUT2D eigenvalue weighted by molar-refractivity contribution is -0.140. The summed E-state index contributed by atoms with van der Waals surface area (Å²) in [6.45, 7) is 0.562. The van der Waals surface area contributed by atoms with Crippen molar-refractivity contribution in [3.05, 3.63) is 101 Å². The van der Waals surface area contributed by atoms with Crippen molar-refractivity contribution >= 4 is 44.6 Å². The maximum atomic E-state index is 13.2. The predicted molar refractivity (Wildman–Crippen MR) is 141 cm³/mol. The van der Waals surface area contributed by atoms with Crippen molar-refractivity contribution in [2.75, 3.05) is 5.32 Å². The number of benzene rings is 2. The number of aliphatic carboxylic acids is 1. The van der Waals surface area contributed by atoms with Gasteiger partial charge in [0.2, 0.25) is 0 Å². The van der Waals surface area contributed by atoms with Gasteiger partial charge in [-0.1, -0.05) is 41.9 Å². The van der Waals surface area contributed by atoms with Gasteiger partial charge in [0.15, 0.2) is 0 Å². The van der Waals surface area contributed by atoms with Crippen LogP contribution in [0.2, 0.25) is 5.02 Å². The zero-order valence-corrected chi connectivity index (χ0v) is 21.3. The van der Waals surface area contributed by atoms with Crippen LogP contribution >= 0.6 is 22.9 Å². The molecule has 0 spiro atoms. The van der Waals surface area contributed by atoms with Crippen molar-refractivity contribution in [3.8, 4) is 10.4 Å². The Balaban J connectivity index is 1.33. The Kier molecular flexibility index (Phi) is 6.57. The van der Waals surface area contributed by atoms with Gasteiger partial charge in [-0.15, -0.1) is 11.3 Å². The van der Waals surface area contributed by atoms with E-state index in [1.807, 2.05) is 48.5 Å². The van der Waals surface area contributed by atoms with E-state index in [-0.39, 0.29) is 10.6 Å². The van der Waals surface area contributed by atoms with Crippen LogP contribution in [-0.2, 0) is 21.4 Å². The second-order valence-corrected chi connectivity index (χ2v) is 12.0. The van der Waals surface area contributed by atoms with E-state index >= 15 is 0 Å². The molecule has 1 saturated carbocycles. The number of nitrogens with zero attached hydrogens (tertiary/aromatic N) is 1. The number of rotatable bonds is 9. The number of sulfonamides is 1. The number of carboxylic acid groups (broad SMARTS) is 1. The van der Waals surface area contributed by atoms with E-state index < -0.39 is 27.4 Å². The lowest BCUT2D eigenvalue weighted by Gasteiger charge is -2.15. The molecule has 36 heavy (non-hydrogen) atoms. The molecule has 1 aliphatic rings. The summed E-state index contributed by atoms with van der Waals surface area (Å²) in [6.07, 6.45) is 3.65. The first kappa shape index (κ1) is 24.5. The number of hydrogen-bond acceptors (Lipinski definition) is 6. The fraction of sp³-hybridized carbons (Fsp3) is 0.154. The van der Waals surface area contributed by atoms with Gasteiger partial charge in [0.05, 0.1) is 0 Å². The Morgan fingerprint density at radius 1 is 1.11 bits per heavy atom. The number of carboxylic acids is 1. The summed E-state index contributed by atoms with van der Waals surface area (Å²) in [7, 11) is -4.05. The SMILES string of the molecule is O=C(O)C1(NS(=O)(=O)c2ccc(-c3ccc(Cl)cc3)s2)CC1c1cccc(NCc2cccnc2)c1. The van der Waals surface area contributed by atoms with Crippen molar-refractivity contribution in [1.82, 2.24) is 9.71 Å². The average molecular weight is 540 g/mol. The quantitative estimate of drug-likeness (QED) is 0.264. The summed E-state index contributed by atoms with van der Waals surface area (Å²) in [4.78, 5) is 17.1. The first-order chi connectivity index (χ1) is 17.3. The monoisotopic (exact) mass is 539 g/mol. The second-order valence-electron chi connectivity index (χ2n) is 8.60. The number of anilines is 1. The summed E-state index contributed by atoms with van der Waals surface area (Å²) < 4.78 is 28.9. The third-order valence-electron chi connectivity index (χ3n) is 6.14. The van der Waals surface area contributed by atoms with E-state index in [4.69, 9.17) is 11.6 Å². The number of hydrogen-bond donors (Lipinski definition) is 3. The molecule has 10 heteroatoms. The Bertz CT molecular complexity index is 1510. The summed E-state index contributed by atoms with van der Waals surface area (Å²) in [6, 6.07) is 21.5. The zero-order valence-electron chi connectivity index (χ0n) is 18.9. The molecular formula is C26H22ClN3O4S2. The normalized spacial score (nSPS) is 19.1. The largest absolute Gasteiger partial charge is 0.480 e. The number of halogens is 1. The predicted octanol–water partition coefficient (Wildman–Crippen LogP) is 5.36. The molecule has 5 rings (SSSR count). The van der Waals surface area contributed by atoms with Gasteiger partial charge in [-0.3, -0.25) is 9.78 Å². The van der Waals surface area contributed by atoms with Gasteiger partial charge in [-0.25, -0.2) is 8.42 Å². The Hall–Kier alpha value is -3.24. The minimum absolute atomic E-state index is 0.0608. The summed E-state index contributed by atoms with van der Waals surface area (Å²) in [5, 5.41) is 13.9. The minimum Gasteiger partial charge on any atom is -0.480 e. The average Bonchev–Trinajstić information content (AvgIpc) is 3.37. The number of aromatic nitrogens is 1. The highest BCUT2D eigenvalue weighted by Gasteiger charge is 2.63. The van der Waals surface area contributed by atoms with Crippen LogP contribution in [0.15, 0.2) is 89.4 Å². The van der Waals surface area contributed by atoms with Crippen molar-refractivity contribution in [2.45, 2.75) is 28.6 Å². The number of carbonyl (C=O) groups is 1. The third-order valence-corrected chi connectivity index (χ3v) is 9.53. The minimum atomic E-state index is -4.05. The number of pyridine rings is 1. The van der Waals surface area contributed by atoms with Crippen LogP contribution < -0.4 is 10.0 Å². The molecule has 2 atom stereocenters. The van der Waals surface area contributed by atoms with Gasteiger partial charge in [-0.05, 0) is 65.6 Å². The summed E-state index contributed by atoms with van der Waals surface area (Å²) in [5.41, 5.74) is 1.82. The van der Waals surface area contributed by atoms with E-state index in [1.165, 1.54) is 6.07 Å². The van der Waals surface area contributed by atoms with Crippen molar-refractivity contribution in [1.29, 1.82) is 0 Å². The molecule has 3 N–H and O–H groups in total. The van der Waals surface area contributed by atoms with E-state index in [1.54, 1.807) is 30.6 Å². The number of nitrogens with one attached hydrogen (secondary N) is 2. The molecule has 4 aromatic rings. The Morgan fingerprint density at radius 2 is 1.92 bits per heavy atom. The first-order valence-electron chi connectivity index (χ1n) is 11.1. The van der Waals surface area contributed by atoms with Gasteiger partial charge >= 0.3 is 5.97 Å². The maximum Gasteiger partial charge on any atom is 0.325 e. The van der Waals surface area contributed by atoms with E-state index in [0.717, 1.165) is 38.6 Å². The van der Waals surface area contributed by atoms with E-state index in [2.05, 4.69) is 15.0 Å². The van der Waals surface area contributed by atoms with Crippen LogP contribution in [0.5, 0.6) is 0 Å². The standard InChI is InChI=1S/C26H22ClN3O4S2/c27-20-8-6-18(7-9-20)23-10-11-24(35-23)36(33,34)30-26(25(31)32)14-22(26)19-4-1-5-21(13-19)29-16-17-3-2-12-28-15-17/h1-13,15,22,29-30H,14,16H2,(H,31,32). The highest BCUT2D eigenvalue weighted by Crippen LogP contribution is 2.53. The molecule has 2 heterocycles. The van der Waals surface area contributed by atoms with Gasteiger partial charge in [0.1, 0.15) is 9.75 Å². The summed E-state index contributed by atoms with van der Waals surface area (Å²) in [5.74, 6) is -1.68. The number of thiophene rings is 1. The van der Waals surface area contributed by atoms with Crippen LogP contribution in [-0.4, -0.2) is 30.0 Å². The smallest absolute Gasteiger partial charge is 0.325 e. The molecule has 0 saturated heterocycles. The van der Waals surface area contributed by atoms with E-state index in [0.29, 0.717) is 11.6 Å². The topological polar surface area (TPSA) is 108 Å². The lowest BCUT2D eigenvalue weighted by Crippen LogP contribution is -2.44. The molecule has 1 aliphatic carbocycles. The van der Waals surface area contributed by atoms with Gasteiger partial charge in [-0.2, -0.15) is 4.72 Å². The fourth-order valence-corrected chi connectivity index (χ4v) is 7.00. The van der Waals surface area contributed by atoms with Gasteiger partial charge in [0, 0.05) is 40.4 Å². The molecule has 1 fully saturated rings. The van der Waals surface area contributed by atoms with Crippen LogP contribution in [0.3, 0.4) is 0 Å². The molecule has 0 amide bonds. The molecule has 184 valence electrons. The maximum absolute atomic E-state index is 13.2. The molecule has 0 bridgehead atoms. The van der Waals surface area contributed by atoms with Crippen LogP contribution in [0.1, 0.15) is 23.5 Å². The zero-order chi connectivity index (χ0) is 25.3. The molecule has 7 nitrogen and oxygen atoms in total. The van der Waals surface area contributed by atoms with Crippen LogP contribution in [0.25, 0.3) is 10.4 Å². The Morgan fingerprint density at radius 3 is 2.64 bits per heavy atom. The van der Waals surface area contributed by atoms with Crippen molar-refractivity contribution in [3.63, 3.8) is 0 Å².